The quantitative estimate of drug-likeness (QED) is 0.710. The predicted molar refractivity (Wildman–Crippen MR) is 90.8 cm³/mol. The zero-order valence-electron chi connectivity index (χ0n) is 14.2. The smallest absolute Gasteiger partial charge is 0.213 e. The number of fused-ring (bicyclic) bond motifs is 1. The van der Waals surface area contributed by atoms with Crippen LogP contribution in [-0.2, 0) is 19.6 Å². The fourth-order valence-electron chi connectivity index (χ4n) is 3.22. The topological polar surface area (TPSA) is 69.2 Å². The highest BCUT2D eigenvalue weighted by Gasteiger charge is 2.23. The van der Waals surface area contributed by atoms with Crippen molar-refractivity contribution >= 4 is 0 Å². The SMILES string of the molecule is Cc1cc(CN2Cc3cncn3C[C@H](COc3ccccn3)C2)no1. The summed E-state index contributed by atoms with van der Waals surface area (Å²) in [4.78, 5) is 10.9. The molecule has 0 amide bonds. The number of pyridine rings is 1. The van der Waals surface area contributed by atoms with Crippen molar-refractivity contribution in [1.82, 2.24) is 24.6 Å². The maximum atomic E-state index is 5.89. The molecule has 0 aromatic carbocycles. The van der Waals surface area contributed by atoms with E-state index in [1.165, 1.54) is 5.69 Å². The third kappa shape index (κ3) is 3.88. The monoisotopic (exact) mass is 339 g/mol. The molecule has 3 aromatic rings. The molecule has 1 aliphatic heterocycles. The average Bonchev–Trinajstić information content (AvgIpc) is 3.19. The Labute approximate surface area is 146 Å². The summed E-state index contributed by atoms with van der Waals surface area (Å²) in [5.41, 5.74) is 2.16. The largest absolute Gasteiger partial charge is 0.477 e. The van der Waals surface area contributed by atoms with Crippen molar-refractivity contribution in [3.8, 4) is 5.88 Å². The van der Waals surface area contributed by atoms with E-state index in [4.69, 9.17) is 9.26 Å². The average molecular weight is 339 g/mol. The van der Waals surface area contributed by atoms with Crippen molar-refractivity contribution in [2.24, 2.45) is 5.92 Å². The Morgan fingerprint density at radius 2 is 2.28 bits per heavy atom. The van der Waals surface area contributed by atoms with Gasteiger partial charge in [-0.2, -0.15) is 0 Å². The molecule has 0 aliphatic carbocycles. The lowest BCUT2D eigenvalue weighted by molar-refractivity contribution is 0.162. The highest BCUT2D eigenvalue weighted by atomic mass is 16.5. The van der Waals surface area contributed by atoms with Crippen molar-refractivity contribution in [3.05, 3.63) is 60.1 Å². The molecule has 1 aliphatic rings. The van der Waals surface area contributed by atoms with E-state index in [0.717, 1.165) is 37.6 Å². The van der Waals surface area contributed by atoms with Gasteiger partial charge in [-0.05, 0) is 13.0 Å². The summed E-state index contributed by atoms with van der Waals surface area (Å²) in [6.45, 7) is 5.92. The molecule has 7 heteroatoms. The Morgan fingerprint density at radius 1 is 1.32 bits per heavy atom. The van der Waals surface area contributed by atoms with Gasteiger partial charge in [-0.3, -0.25) is 4.90 Å². The molecule has 4 heterocycles. The van der Waals surface area contributed by atoms with E-state index in [9.17, 15) is 0 Å². The molecule has 0 saturated heterocycles. The molecule has 7 nitrogen and oxygen atoms in total. The lowest BCUT2D eigenvalue weighted by Crippen LogP contribution is -2.30. The van der Waals surface area contributed by atoms with E-state index < -0.39 is 0 Å². The van der Waals surface area contributed by atoms with Gasteiger partial charge in [0.15, 0.2) is 0 Å². The summed E-state index contributed by atoms with van der Waals surface area (Å²) in [6, 6.07) is 7.69. The van der Waals surface area contributed by atoms with Crippen LogP contribution >= 0.6 is 0 Å². The lowest BCUT2D eigenvalue weighted by atomic mass is 10.1. The Bertz CT molecular complexity index is 814. The van der Waals surface area contributed by atoms with Gasteiger partial charge >= 0.3 is 0 Å². The van der Waals surface area contributed by atoms with E-state index >= 15 is 0 Å². The summed E-state index contributed by atoms with van der Waals surface area (Å²) >= 11 is 0. The molecule has 0 bridgehead atoms. The van der Waals surface area contributed by atoms with Gasteiger partial charge in [0.05, 0.1) is 24.3 Å². The zero-order chi connectivity index (χ0) is 17.1. The van der Waals surface area contributed by atoms with Gasteiger partial charge in [-0.15, -0.1) is 0 Å². The van der Waals surface area contributed by atoms with Crippen LogP contribution < -0.4 is 4.74 Å². The Kier molecular flexibility index (Phi) is 4.47. The van der Waals surface area contributed by atoms with Gasteiger partial charge in [0.25, 0.3) is 0 Å². The van der Waals surface area contributed by atoms with Crippen molar-refractivity contribution < 1.29 is 9.26 Å². The predicted octanol–water partition coefficient (Wildman–Crippen LogP) is 2.29. The van der Waals surface area contributed by atoms with Crippen molar-refractivity contribution in [3.63, 3.8) is 0 Å². The number of ether oxygens (including phenoxy) is 1. The number of imidazole rings is 1. The zero-order valence-corrected chi connectivity index (χ0v) is 14.2. The summed E-state index contributed by atoms with van der Waals surface area (Å²) in [6.07, 6.45) is 5.57. The number of aryl methyl sites for hydroxylation is 1. The fourth-order valence-corrected chi connectivity index (χ4v) is 3.22. The summed E-state index contributed by atoms with van der Waals surface area (Å²) in [5.74, 6) is 1.84. The molecule has 0 fully saturated rings. The Hall–Kier alpha value is -2.67. The van der Waals surface area contributed by atoms with E-state index in [0.29, 0.717) is 18.4 Å². The first kappa shape index (κ1) is 15.8. The van der Waals surface area contributed by atoms with Crippen molar-refractivity contribution in [1.29, 1.82) is 0 Å². The van der Waals surface area contributed by atoms with Crippen LogP contribution in [0.15, 0.2) is 47.5 Å². The van der Waals surface area contributed by atoms with Crippen LogP contribution in [0, 0.1) is 12.8 Å². The number of hydrogen-bond donors (Lipinski definition) is 0. The Balaban J connectivity index is 1.47. The molecule has 1 atom stereocenters. The highest BCUT2D eigenvalue weighted by Crippen LogP contribution is 2.19. The summed E-state index contributed by atoms with van der Waals surface area (Å²) in [7, 11) is 0. The first-order chi connectivity index (χ1) is 12.3. The Morgan fingerprint density at radius 3 is 3.08 bits per heavy atom. The first-order valence-corrected chi connectivity index (χ1v) is 8.43. The summed E-state index contributed by atoms with van der Waals surface area (Å²) in [5, 5.41) is 4.12. The third-order valence-corrected chi connectivity index (χ3v) is 4.32. The van der Waals surface area contributed by atoms with E-state index in [1.807, 2.05) is 43.7 Å². The van der Waals surface area contributed by atoms with Gasteiger partial charge < -0.3 is 13.8 Å². The summed E-state index contributed by atoms with van der Waals surface area (Å²) < 4.78 is 13.3. The van der Waals surface area contributed by atoms with Crippen LogP contribution in [0.25, 0.3) is 0 Å². The molecular formula is C18H21N5O2. The number of hydrogen-bond acceptors (Lipinski definition) is 6. The maximum Gasteiger partial charge on any atom is 0.213 e. The second kappa shape index (κ2) is 7.06. The van der Waals surface area contributed by atoms with Crippen molar-refractivity contribution in [2.45, 2.75) is 26.6 Å². The molecule has 0 radical (unpaired) electrons. The second-order valence-electron chi connectivity index (χ2n) is 6.48. The van der Waals surface area contributed by atoms with Crippen LogP contribution in [0.1, 0.15) is 17.1 Å². The first-order valence-electron chi connectivity index (χ1n) is 8.43. The number of nitrogens with zero attached hydrogens (tertiary/aromatic N) is 5. The van der Waals surface area contributed by atoms with Crippen molar-refractivity contribution in [2.75, 3.05) is 13.2 Å². The number of aromatic nitrogens is 4. The fraction of sp³-hybridized carbons (Fsp3) is 0.389. The van der Waals surface area contributed by atoms with Crippen LogP contribution in [0.4, 0.5) is 0 Å². The molecule has 0 unspecified atom stereocenters. The molecule has 0 saturated carbocycles. The van der Waals surface area contributed by atoms with Crippen LogP contribution in [0.2, 0.25) is 0 Å². The standard InChI is InChI=1S/C18H21N5O2/c1-14-6-16(21-25-14)10-22-8-15(9-23-13-19-7-17(23)11-22)12-24-18-4-2-3-5-20-18/h2-7,13,15H,8-12H2,1H3/t15-/m1/s1. The van der Waals surface area contributed by atoms with Gasteiger partial charge in [0.2, 0.25) is 5.88 Å². The minimum atomic E-state index is 0.338. The number of rotatable bonds is 5. The maximum absolute atomic E-state index is 5.89. The van der Waals surface area contributed by atoms with E-state index in [-0.39, 0.29) is 0 Å². The van der Waals surface area contributed by atoms with Crippen LogP contribution in [0.5, 0.6) is 5.88 Å². The van der Waals surface area contributed by atoms with Gasteiger partial charge in [-0.1, -0.05) is 11.2 Å². The highest BCUT2D eigenvalue weighted by molar-refractivity contribution is 5.09. The third-order valence-electron chi connectivity index (χ3n) is 4.32. The minimum Gasteiger partial charge on any atom is -0.477 e. The van der Waals surface area contributed by atoms with Crippen LogP contribution in [0.3, 0.4) is 0 Å². The van der Waals surface area contributed by atoms with Gasteiger partial charge in [0, 0.05) is 56.6 Å². The van der Waals surface area contributed by atoms with Gasteiger partial charge in [-0.25, -0.2) is 9.97 Å². The van der Waals surface area contributed by atoms with Gasteiger partial charge in [0.1, 0.15) is 5.76 Å². The normalized spacial score (nSPS) is 17.9. The van der Waals surface area contributed by atoms with E-state index in [1.54, 1.807) is 6.20 Å². The molecule has 0 spiro atoms. The lowest BCUT2D eigenvalue weighted by Gasteiger charge is -2.22. The molecule has 3 aromatic heterocycles. The van der Waals surface area contributed by atoms with Crippen LogP contribution in [-0.4, -0.2) is 37.7 Å². The molecule has 0 N–H and O–H groups in total. The van der Waals surface area contributed by atoms with E-state index in [2.05, 4.69) is 24.6 Å². The molecule has 4 rings (SSSR count). The molecule has 25 heavy (non-hydrogen) atoms. The molecule has 130 valence electrons. The minimum absolute atomic E-state index is 0.338. The second-order valence-corrected chi connectivity index (χ2v) is 6.48. The molecular weight excluding hydrogens is 318 g/mol.